The van der Waals surface area contributed by atoms with Crippen molar-refractivity contribution in [3.63, 3.8) is 0 Å². The number of benzene rings is 1. The highest BCUT2D eigenvalue weighted by molar-refractivity contribution is 9.10. The normalized spacial score (nSPS) is 10.7. The molecule has 0 aliphatic carbocycles. The summed E-state index contributed by atoms with van der Waals surface area (Å²) in [6.07, 6.45) is 0. The van der Waals surface area contributed by atoms with Crippen LogP contribution in [0.25, 0.3) is 10.9 Å². The number of aromatic amines is 2. The van der Waals surface area contributed by atoms with Crippen LogP contribution in [0, 0.1) is 5.82 Å². The lowest BCUT2D eigenvalue weighted by molar-refractivity contribution is 0.631. The lowest BCUT2D eigenvalue weighted by Gasteiger charge is -1.98. The van der Waals surface area contributed by atoms with Crippen molar-refractivity contribution in [1.29, 1.82) is 0 Å². The Morgan fingerprint density at radius 2 is 1.93 bits per heavy atom. The van der Waals surface area contributed by atoms with Gasteiger partial charge in [-0.3, -0.25) is 9.78 Å². The van der Waals surface area contributed by atoms with Crippen LogP contribution in [-0.4, -0.2) is 9.97 Å². The van der Waals surface area contributed by atoms with Crippen LogP contribution in [0.15, 0.2) is 26.2 Å². The van der Waals surface area contributed by atoms with Gasteiger partial charge in [-0.2, -0.15) is 0 Å². The SMILES string of the molecule is O=c1[nH]c(=O)c2c(F)c(Br)ccc2[nH]1. The maximum absolute atomic E-state index is 13.4. The van der Waals surface area contributed by atoms with Gasteiger partial charge in [0.05, 0.1) is 9.99 Å². The Bertz CT molecular complexity index is 617. The molecular weight excluding hydrogens is 255 g/mol. The first-order valence-electron chi connectivity index (χ1n) is 3.70. The van der Waals surface area contributed by atoms with E-state index in [0.717, 1.165) is 0 Å². The zero-order valence-electron chi connectivity index (χ0n) is 6.73. The van der Waals surface area contributed by atoms with Gasteiger partial charge >= 0.3 is 5.69 Å². The molecule has 0 spiro atoms. The molecular formula is C8H4BrFN2O2. The predicted molar refractivity (Wildman–Crippen MR) is 52.8 cm³/mol. The molecule has 2 N–H and O–H groups in total. The van der Waals surface area contributed by atoms with E-state index >= 15 is 0 Å². The van der Waals surface area contributed by atoms with Gasteiger partial charge < -0.3 is 4.98 Å². The molecule has 0 atom stereocenters. The Morgan fingerprint density at radius 1 is 1.21 bits per heavy atom. The van der Waals surface area contributed by atoms with Gasteiger partial charge in [-0.1, -0.05) is 0 Å². The largest absolute Gasteiger partial charge is 0.326 e. The average molecular weight is 259 g/mol. The van der Waals surface area contributed by atoms with Crippen molar-refractivity contribution >= 4 is 26.8 Å². The molecule has 0 aliphatic rings. The van der Waals surface area contributed by atoms with Crippen molar-refractivity contribution in [1.82, 2.24) is 9.97 Å². The monoisotopic (exact) mass is 258 g/mol. The van der Waals surface area contributed by atoms with Crippen LogP contribution >= 0.6 is 15.9 Å². The molecule has 1 heterocycles. The Balaban J connectivity index is 3.11. The van der Waals surface area contributed by atoms with Crippen molar-refractivity contribution in [3.8, 4) is 0 Å². The number of hydrogen-bond acceptors (Lipinski definition) is 2. The lowest BCUT2D eigenvalue weighted by Crippen LogP contribution is -2.22. The molecule has 2 aromatic rings. The summed E-state index contributed by atoms with van der Waals surface area (Å²) in [5.74, 6) is -0.681. The lowest BCUT2D eigenvalue weighted by atomic mass is 10.2. The molecule has 0 saturated carbocycles. The molecule has 14 heavy (non-hydrogen) atoms. The molecule has 1 aromatic heterocycles. The van der Waals surface area contributed by atoms with Gasteiger partial charge in [0, 0.05) is 0 Å². The summed E-state index contributed by atoms with van der Waals surface area (Å²) < 4.78 is 13.6. The third-order valence-electron chi connectivity index (χ3n) is 1.80. The Hall–Kier alpha value is -1.43. The summed E-state index contributed by atoms with van der Waals surface area (Å²) in [6, 6.07) is 2.88. The van der Waals surface area contributed by atoms with Crippen LogP contribution < -0.4 is 11.2 Å². The number of halogens is 2. The first-order valence-corrected chi connectivity index (χ1v) is 4.49. The molecule has 0 amide bonds. The summed E-state index contributed by atoms with van der Waals surface area (Å²) in [6.45, 7) is 0. The molecule has 0 fully saturated rings. The fourth-order valence-electron chi connectivity index (χ4n) is 1.20. The topological polar surface area (TPSA) is 65.7 Å². The molecule has 2 rings (SSSR count). The summed E-state index contributed by atoms with van der Waals surface area (Å²) in [4.78, 5) is 26.4. The second kappa shape index (κ2) is 3.06. The van der Waals surface area contributed by atoms with E-state index in [-0.39, 0.29) is 15.4 Å². The second-order valence-corrected chi connectivity index (χ2v) is 3.55. The number of fused-ring (bicyclic) bond motifs is 1. The number of aromatic nitrogens is 2. The van der Waals surface area contributed by atoms with Crippen LogP contribution in [0.5, 0.6) is 0 Å². The van der Waals surface area contributed by atoms with Gasteiger partial charge in [-0.15, -0.1) is 0 Å². The average Bonchev–Trinajstić information content (AvgIpc) is 2.10. The van der Waals surface area contributed by atoms with Crippen molar-refractivity contribution in [2.45, 2.75) is 0 Å². The van der Waals surface area contributed by atoms with Crippen molar-refractivity contribution in [2.75, 3.05) is 0 Å². The van der Waals surface area contributed by atoms with Gasteiger partial charge in [0.15, 0.2) is 5.82 Å². The van der Waals surface area contributed by atoms with Crippen molar-refractivity contribution < 1.29 is 4.39 Å². The van der Waals surface area contributed by atoms with Crippen LogP contribution in [0.1, 0.15) is 0 Å². The summed E-state index contributed by atoms with van der Waals surface area (Å²) in [5.41, 5.74) is -1.20. The minimum absolute atomic E-state index is 0.154. The zero-order chi connectivity index (χ0) is 10.3. The minimum Gasteiger partial charge on any atom is -0.307 e. The predicted octanol–water partition coefficient (Wildman–Crippen LogP) is 1.12. The fourth-order valence-corrected chi connectivity index (χ4v) is 1.53. The second-order valence-electron chi connectivity index (χ2n) is 2.69. The van der Waals surface area contributed by atoms with Gasteiger partial charge in [0.1, 0.15) is 5.39 Å². The van der Waals surface area contributed by atoms with Gasteiger partial charge in [0.25, 0.3) is 5.56 Å². The van der Waals surface area contributed by atoms with E-state index in [0.29, 0.717) is 0 Å². The quantitative estimate of drug-likeness (QED) is 0.744. The maximum atomic E-state index is 13.4. The molecule has 6 heteroatoms. The van der Waals surface area contributed by atoms with Crippen LogP contribution in [0.4, 0.5) is 4.39 Å². The summed E-state index contributed by atoms with van der Waals surface area (Å²) >= 11 is 2.95. The molecule has 72 valence electrons. The minimum atomic E-state index is -0.734. The highest BCUT2D eigenvalue weighted by Gasteiger charge is 2.09. The van der Waals surface area contributed by atoms with E-state index in [2.05, 4.69) is 20.9 Å². The Kier molecular flexibility index (Phi) is 1.99. The number of hydrogen-bond donors (Lipinski definition) is 2. The zero-order valence-corrected chi connectivity index (χ0v) is 8.31. The third kappa shape index (κ3) is 1.27. The highest BCUT2D eigenvalue weighted by Crippen LogP contribution is 2.19. The molecule has 0 bridgehead atoms. The fraction of sp³-hybridized carbons (Fsp3) is 0. The van der Waals surface area contributed by atoms with Gasteiger partial charge in [-0.05, 0) is 28.1 Å². The highest BCUT2D eigenvalue weighted by atomic mass is 79.9. The Morgan fingerprint density at radius 3 is 2.64 bits per heavy atom. The number of nitrogens with one attached hydrogen (secondary N) is 2. The maximum Gasteiger partial charge on any atom is 0.326 e. The van der Waals surface area contributed by atoms with Gasteiger partial charge in [0.2, 0.25) is 0 Å². The third-order valence-corrected chi connectivity index (χ3v) is 2.41. The standard InChI is InChI=1S/C8H4BrFN2O2/c9-3-1-2-4-5(6(3)10)7(13)12-8(14)11-4/h1-2H,(H2,11,12,13,14). The van der Waals surface area contributed by atoms with E-state index in [4.69, 9.17) is 0 Å². The van der Waals surface area contributed by atoms with E-state index in [9.17, 15) is 14.0 Å². The van der Waals surface area contributed by atoms with Crippen molar-refractivity contribution in [2.24, 2.45) is 0 Å². The van der Waals surface area contributed by atoms with E-state index in [1.54, 1.807) is 0 Å². The smallest absolute Gasteiger partial charge is 0.307 e. The molecule has 4 nitrogen and oxygen atoms in total. The number of H-pyrrole nitrogens is 2. The van der Waals surface area contributed by atoms with Crippen LogP contribution in [-0.2, 0) is 0 Å². The molecule has 0 radical (unpaired) electrons. The van der Waals surface area contributed by atoms with Crippen LogP contribution in [0.2, 0.25) is 0 Å². The number of rotatable bonds is 0. The first kappa shape index (κ1) is 9.14. The van der Waals surface area contributed by atoms with Crippen LogP contribution in [0.3, 0.4) is 0 Å². The summed E-state index contributed by atoms with van der Waals surface area (Å²) in [5, 5.41) is -0.154. The van der Waals surface area contributed by atoms with Crippen molar-refractivity contribution in [3.05, 3.63) is 43.3 Å². The van der Waals surface area contributed by atoms with E-state index in [1.165, 1.54) is 12.1 Å². The van der Waals surface area contributed by atoms with Gasteiger partial charge in [-0.25, -0.2) is 9.18 Å². The molecule has 0 aliphatic heterocycles. The van der Waals surface area contributed by atoms with E-state index < -0.39 is 17.1 Å². The first-order chi connectivity index (χ1) is 6.59. The van der Waals surface area contributed by atoms with E-state index in [1.807, 2.05) is 4.98 Å². The molecule has 1 aromatic carbocycles. The summed E-state index contributed by atoms with van der Waals surface area (Å²) in [7, 11) is 0. The molecule has 0 saturated heterocycles. The Labute approximate surface area is 84.9 Å². The molecule has 0 unspecified atom stereocenters.